The van der Waals surface area contributed by atoms with Crippen molar-refractivity contribution in [2.24, 2.45) is 0 Å². The lowest BCUT2D eigenvalue weighted by Crippen LogP contribution is -2.69. The summed E-state index contributed by atoms with van der Waals surface area (Å²) in [5, 5.41) is 176. The standard InChI is InChI=1S/C40H68N2O29/c1-9-19(48)25(54)29(58)37(62-9)70-33-27(56)21(50)13(5-43)65-39(33)68-31-15(7-45)67-36(17(24(31)53)41-11(3)46)61-8-16-23(52)32(18(35(60)64-16)42-12(4)47)69-40-34(28(57)22(51)14(6-44)66-40)71-38-30(59)26(55)20(49)10(2)63-38/h9-10,13-40,43-45,48-60H,5-8H2,1-4H3,(H,41,46)(H,42,47)/t9-,10-,13+,14+,15+,16+,17+,18+,19+,20+,21-,22-,23-,24+,25+,26+,27-,28-,29-,30-,31-,32+,33+,34+,35?,36+,37-,38-,39-,40-/m0/s1. The Labute approximate surface area is 403 Å². The molecule has 18 N–H and O–H groups in total. The number of aliphatic hydroxyl groups excluding tert-OH is 16. The Morgan fingerprint density at radius 3 is 1.24 bits per heavy atom. The molecule has 6 saturated heterocycles. The summed E-state index contributed by atoms with van der Waals surface area (Å²) in [6.07, 6.45) is -49.8. The molecule has 0 aliphatic carbocycles. The first-order chi connectivity index (χ1) is 33.4. The van der Waals surface area contributed by atoms with Gasteiger partial charge in [-0.1, -0.05) is 0 Å². The molecule has 0 saturated carbocycles. The second-order valence-corrected chi connectivity index (χ2v) is 18.2. The van der Waals surface area contributed by atoms with Crippen LogP contribution in [-0.2, 0) is 61.7 Å². The van der Waals surface area contributed by atoms with Gasteiger partial charge in [0.1, 0.15) is 134 Å². The first kappa shape index (κ1) is 58.1. The summed E-state index contributed by atoms with van der Waals surface area (Å²) in [5.41, 5.74) is 0. The molecule has 30 atom stereocenters. The van der Waals surface area contributed by atoms with E-state index >= 15 is 0 Å². The van der Waals surface area contributed by atoms with E-state index in [4.69, 9.17) is 52.1 Å². The minimum absolute atomic E-state index is 0.786. The van der Waals surface area contributed by atoms with Crippen LogP contribution in [0.15, 0.2) is 0 Å². The molecule has 2 amide bonds. The zero-order valence-corrected chi connectivity index (χ0v) is 38.6. The molecule has 31 heteroatoms. The molecule has 0 radical (unpaired) electrons. The predicted molar refractivity (Wildman–Crippen MR) is 220 cm³/mol. The largest absolute Gasteiger partial charge is 0.394 e. The van der Waals surface area contributed by atoms with Crippen molar-refractivity contribution >= 4 is 11.8 Å². The molecular formula is C40H68N2O29. The number of rotatable bonds is 16. The summed E-state index contributed by atoms with van der Waals surface area (Å²) in [4.78, 5) is 24.9. The van der Waals surface area contributed by atoms with Gasteiger partial charge < -0.3 is 144 Å². The number of hydrogen-bond donors (Lipinski definition) is 18. The number of amides is 2. The summed E-state index contributed by atoms with van der Waals surface area (Å²) in [7, 11) is 0. The fraction of sp³-hybridized carbons (Fsp3) is 0.950. The van der Waals surface area contributed by atoms with Crippen LogP contribution in [0.3, 0.4) is 0 Å². The number of carbonyl (C=O) groups excluding carboxylic acids is 2. The van der Waals surface area contributed by atoms with Crippen LogP contribution in [0.5, 0.6) is 0 Å². The Morgan fingerprint density at radius 1 is 0.394 bits per heavy atom. The zero-order valence-electron chi connectivity index (χ0n) is 38.6. The first-order valence-corrected chi connectivity index (χ1v) is 22.8. The van der Waals surface area contributed by atoms with Crippen molar-refractivity contribution in [2.45, 2.75) is 212 Å². The first-order valence-electron chi connectivity index (χ1n) is 22.8. The van der Waals surface area contributed by atoms with Crippen LogP contribution >= 0.6 is 0 Å². The molecule has 412 valence electrons. The molecular weight excluding hydrogens is 972 g/mol. The maximum atomic E-state index is 12.6. The fourth-order valence-electron chi connectivity index (χ4n) is 9.07. The number of carbonyl (C=O) groups is 2. The van der Waals surface area contributed by atoms with E-state index < -0.39 is 222 Å². The molecule has 6 aliphatic rings. The van der Waals surface area contributed by atoms with Gasteiger partial charge in [-0.05, 0) is 13.8 Å². The highest BCUT2D eigenvalue weighted by molar-refractivity contribution is 5.73. The monoisotopic (exact) mass is 1040 g/mol. The van der Waals surface area contributed by atoms with Crippen molar-refractivity contribution in [3.8, 4) is 0 Å². The fourth-order valence-corrected chi connectivity index (χ4v) is 9.07. The molecule has 0 aromatic heterocycles. The van der Waals surface area contributed by atoms with Crippen molar-refractivity contribution in [3.05, 3.63) is 0 Å². The number of ether oxygens (including phenoxy) is 11. The second-order valence-electron chi connectivity index (χ2n) is 18.2. The van der Waals surface area contributed by atoms with Crippen LogP contribution in [0.2, 0.25) is 0 Å². The molecule has 31 nitrogen and oxygen atoms in total. The van der Waals surface area contributed by atoms with Gasteiger partial charge in [0.25, 0.3) is 0 Å². The van der Waals surface area contributed by atoms with Crippen molar-refractivity contribution in [2.75, 3.05) is 26.4 Å². The quantitative estimate of drug-likeness (QED) is 0.0682. The second kappa shape index (κ2) is 24.7. The maximum Gasteiger partial charge on any atom is 0.217 e. The average molecular weight is 1040 g/mol. The molecule has 6 fully saturated rings. The lowest BCUT2D eigenvalue weighted by atomic mass is 9.94. The summed E-state index contributed by atoms with van der Waals surface area (Å²) in [6.45, 7) is 1.11. The van der Waals surface area contributed by atoms with E-state index in [0.29, 0.717) is 0 Å². The van der Waals surface area contributed by atoms with Crippen LogP contribution in [0.1, 0.15) is 27.7 Å². The highest BCUT2D eigenvalue weighted by atomic mass is 16.8. The van der Waals surface area contributed by atoms with Gasteiger partial charge in [0.2, 0.25) is 11.8 Å². The maximum absolute atomic E-state index is 12.6. The summed E-state index contributed by atoms with van der Waals surface area (Å²) in [6, 6.07) is -3.33. The molecule has 0 spiro atoms. The van der Waals surface area contributed by atoms with Crippen LogP contribution < -0.4 is 10.6 Å². The van der Waals surface area contributed by atoms with Gasteiger partial charge in [-0.2, -0.15) is 0 Å². The molecule has 6 aliphatic heterocycles. The molecule has 6 heterocycles. The van der Waals surface area contributed by atoms with E-state index in [9.17, 15) is 91.3 Å². The van der Waals surface area contributed by atoms with Crippen molar-refractivity contribution in [3.63, 3.8) is 0 Å². The van der Waals surface area contributed by atoms with Crippen LogP contribution in [0.25, 0.3) is 0 Å². The van der Waals surface area contributed by atoms with Gasteiger partial charge >= 0.3 is 0 Å². The summed E-state index contributed by atoms with van der Waals surface area (Å²) in [5.74, 6) is -1.58. The third-order valence-electron chi connectivity index (χ3n) is 13.1. The van der Waals surface area contributed by atoms with Gasteiger partial charge in [-0.3, -0.25) is 9.59 Å². The van der Waals surface area contributed by atoms with E-state index in [1.165, 1.54) is 13.8 Å². The number of aliphatic hydroxyl groups is 16. The van der Waals surface area contributed by atoms with Crippen LogP contribution in [0, 0.1) is 0 Å². The SMILES string of the molecule is CC(=O)N[C@H]1[C@H](OC[C@H]2OC(O)[C@H](NC(C)=O)[C@@H](O[C@@H]3O[C@H](CO)[C@H](O)[C@H](O)[C@H]3O[C@@H]3O[C@@H](C)[C@@H](O)[C@@H](O)[C@@H]3O)[C@H]2O)O[C@H](CO)[C@H](O[C@@H]2O[C@H](CO)[C@H](O)[C@H](O)[C@H]2O[C@@H]2O[C@@H](C)[C@@H](O)[C@@H](O)[C@@H]2O)[C@@H]1O. The number of nitrogens with one attached hydrogen (secondary N) is 2. The molecule has 0 aromatic carbocycles. The van der Waals surface area contributed by atoms with E-state index in [0.717, 1.165) is 13.8 Å². The van der Waals surface area contributed by atoms with E-state index in [1.807, 2.05) is 0 Å². The van der Waals surface area contributed by atoms with Crippen molar-refractivity contribution < 1.29 is 143 Å². The van der Waals surface area contributed by atoms with Gasteiger partial charge in [0.05, 0.1) is 38.6 Å². The van der Waals surface area contributed by atoms with Crippen molar-refractivity contribution in [1.82, 2.24) is 10.6 Å². The normalized spacial score (nSPS) is 50.8. The molecule has 1 unspecified atom stereocenters. The van der Waals surface area contributed by atoms with E-state index in [2.05, 4.69) is 10.6 Å². The highest BCUT2D eigenvalue weighted by Crippen LogP contribution is 2.36. The lowest BCUT2D eigenvalue weighted by Gasteiger charge is -2.49. The highest BCUT2D eigenvalue weighted by Gasteiger charge is 2.57. The predicted octanol–water partition coefficient (Wildman–Crippen LogP) is -11.8. The average Bonchev–Trinajstić information content (AvgIpc) is 3.32. The molecule has 0 aromatic rings. The summed E-state index contributed by atoms with van der Waals surface area (Å²) >= 11 is 0. The van der Waals surface area contributed by atoms with Gasteiger partial charge in [0.15, 0.2) is 37.7 Å². The Kier molecular flexibility index (Phi) is 20.2. The lowest BCUT2D eigenvalue weighted by molar-refractivity contribution is -0.385. The Hall–Kier alpha value is -2.14. The van der Waals surface area contributed by atoms with Crippen LogP contribution in [0.4, 0.5) is 0 Å². The summed E-state index contributed by atoms with van der Waals surface area (Å²) < 4.78 is 63.3. The Balaban J connectivity index is 1.21. The van der Waals surface area contributed by atoms with E-state index in [1.54, 1.807) is 0 Å². The third kappa shape index (κ3) is 12.6. The smallest absolute Gasteiger partial charge is 0.217 e. The molecule has 71 heavy (non-hydrogen) atoms. The number of hydrogen-bond acceptors (Lipinski definition) is 29. The molecule has 0 bridgehead atoms. The van der Waals surface area contributed by atoms with Crippen molar-refractivity contribution in [1.29, 1.82) is 0 Å². The zero-order chi connectivity index (χ0) is 52.5. The van der Waals surface area contributed by atoms with E-state index in [-0.39, 0.29) is 0 Å². The third-order valence-corrected chi connectivity index (χ3v) is 13.1. The topological polar surface area (TPSA) is 483 Å². The molecule has 6 rings (SSSR count). The Morgan fingerprint density at radius 2 is 0.803 bits per heavy atom. The van der Waals surface area contributed by atoms with Gasteiger partial charge in [-0.25, -0.2) is 0 Å². The minimum Gasteiger partial charge on any atom is -0.394 e. The Bertz CT molecular complexity index is 1710. The van der Waals surface area contributed by atoms with Gasteiger partial charge in [0, 0.05) is 13.8 Å². The van der Waals surface area contributed by atoms with Crippen LogP contribution in [-0.4, -0.2) is 304 Å². The minimum atomic E-state index is -2.06. The van der Waals surface area contributed by atoms with Gasteiger partial charge in [-0.15, -0.1) is 0 Å².